The lowest BCUT2D eigenvalue weighted by molar-refractivity contribution is 0.303. The van der Waals surface area contributed by atoms with E-state index in [1.165, 1.54) is 21.6 Å². The number of hydrogen-bond acceptors (Lipinski definition) is 4. The number of thiophene rings is 2. The summed E-state index contributed by atoms with van der Waals surface area (Å²) in [6, 6.07) is 12.7. The molecule has 0 radical (unpaired) electrons. The van der Waals surface area contributed by atoms with Crippen LogP contribution in [-0.4, -0.2) is 18.0 Å². The van der Waals surface area contributed by atoms with E-state index in [2.05, 4.69) is 103 Å². The van der Waals surface area contributed by atoms with E-state index >= 15 is 0 Å². The van der Waals surface area contributed by atoms with Crippen LogP contribution in [-0.2, 0) is 13.2 Å². The van der Waals surface area contributed by atoms with Gasteiger partial charge in [-0.15, -0.1) is 23.7 Å². The predicted molar refractivity (Wildman–Crippen MR) is 142 cm³/mol. The molecule has 0 saturated heterocycles. The molecule has 0 fully saturated rings. The minimum Gasteiger partial charge on any atom is -0.488 e. The molecule has 0 spiro atoms. The summed E-state index contributed by atoms with van der Waals surface area (Å²) in [4.78, 5) is 3.53. The van der Waals surface area contributed by atoms with Crippen LogP contribution in [0.3, 0.4) is 0 Å². The second kappa shape index (κ2) is 12.7. The molecule has 0 atom stereocenters. The summed E-state index contributed by atoms with van der Waals surface area (Å²) >= 11 is 3.47. The van der Waals surface area contributed by atoms with Crippen molar-refractivity contribution in [1.82, 2.24) is 4.90 Å². The average Bonchev–Trinajstić information content (AvgIpc) is 3.42. The monoisotopic (exact) mass is 483 g/mol. The van der Waals surface area contributed by atoms with Crippen LogP contribution in [0.4, 0.5) is 0 Å². The van der Waals surface area contributed by atoms with Crippen molar-refractivity contribution in [3.8, 4) is 40.6 Å². The van der Waals surface area contributed by atoms with E-state index in [1.807, 2.05) is 6.07 Å². The lowest BCUT2D eigenvalue weighted by Gasteiger charge is -2.17. The number of ether oxygens (including phenoxy) is 1. The highest BCUT2D eigenvalue weighted by Gasteiger charge is 2.06. The van der Waals surface area contributed by atoms with Crippen molar-refractivity contribution in [3.63, 3.8) is 0 Å². The molecular formula is C27H30ClNOS2. The molecule has 5 heteroatoms. The number of hydrogen-bond donors (Lipinski definition) is 0. The fraction of sp³-hybridized carbons (Fsp3) is 0.333. The maximum Gasteiger partial charge on any atom is 0.122 e. The summed E-state index contributed by atoms with van der Waals surface area (Å²) in [5.74, 6) is 13.2. The molecule has 0 amide bonds. The van der Waals surface area contributed by atoms with E-state index in [0.717, 1.165) is 18.8 Å². The normalized spacial score (nSPS) is 10.5. The third kappa shape index (κ3) is 8.73. The van der Waals surface area contributed by atoms with Gasteiger partial charge in [0.2, 0.25) is 0 Å². The highest BCUT2D eigenvalue weighted by molar-refractivity contribution is 7.10. The third-order valence-electron chi connectivity index (χ3n) is 4.53. The first-order chi connectivity index (χ1) is 14.9. The Hall–Kier alpha value is -2.21. The Morgan fingerprint density at radius 3 is 2.59 bits per heavy atom. The lowest BCUT2D eigenvalue weighted by atomic mass is 9.98. The summed E-state index contributed by atoms with van der Waals surface area (Å²) in [7, 11) is 0. The van der Waals surface area contributed by atoms with E-state index in [1.54, 1.807) is 22.7 Å². The zero-order valence-electron chi connectivity index (χ0n) is 19.1. The van der Waals surface area contributed by atoms with Crippen LogP contribution in [0, 0.1) is 29.1 Å². The Labute approximate surface area is 207 Å². The van der Waals surface area contributed by atoms with E-state index in [-0.39, 0.29) is 17.8 Å². The maximum atomic E-state index is 6.07. The first kappa shape index (κ1) is 26.0. The van der Waals surface area contributed by atoms with Gasteiger partial charge in [0.15, 0.2) is 0 Å². The Bertz CT molecular complexity index is 1090. The van der Waals surface area contributed by atoms with Crippen molar-refractivity contribution >= 4 is 35.1 Å². The Morgan fingerprint density at radius 2 is 1.88 bits per heavy atom. The molecule has 32 heavy (non-hydrogen) atoms. The van der Waals surface area contributed by atoms with Crippen molar-refractivity contribution in [2.45, 2.75) is 40.8 Å². The first-order valence-electron chi connectivity index (χ1n) is 10.5. The Balaban J connectivity index is 0.00000363. The van der Waals surface area contributed by atoms with Crippen LogP contribution in [0.2, 0.25) is 0 Å². The standard InChI is InChI=1S/C27H29NOS2.ClH/c1-5-28(14-8-6-7-13-27(2,3)4)18-22-10-9-11-25(16-22)29-19-26-17-24(21-31-26)23-12-15-30-20-23;/h9-12,15-17,20-21H,5,14,18-19H2,1-4H3;1H. The maximum absolute atomic E-state index is 6.07. The van der Waals surface area contributed by atoms with Gasteiger partial charge >= 0.3 is 0 Å². The lowest BCUT2D eigenvalue weighted by Crippen LogP contribution is -2.23. The van der Waals surface area contributed by atoms with Gasteiger partial charge in [0.25, 0.3) is 0 Å². The summed E-state index contributed by atoms with van der Waals surface area (Å²) in [5, 5.41) is 6.49. The number of rotatable bonds is 8. The molecule has 2 aromatic heterocycles. The largest absolute Gasteiger partial charge is 0.488 e. The average molecular weight is 484 g/mol. The van der Waals surface area contributed by atoms with E-state index in [0.29, 0.717) is 13.2 Å². The molecule has 2 heterocycles. The fourth-order valence-electron chi connectivity index (χ4n) is 2.88. The number of nitrogens with zero attached hydrogens (tertiary/aromatic N) is 1. The fourth-order valence-corrected chi connectivity index (χ4v) is 4.35. The minimum absolute atomic E-state index is 0. The molecule has 0 bridgehead atoms. The van der Waals surface area contributed by atoms with Crippen LogP contribution in [0.25, 0.3) is 11.1 Å². The molecule has 0 saturated carbocycles. The van der Waals surface area contributed by atoms with Gasteiger partial charge in [0.1, 0.15) is 12.4 Å². The summed E-state index contributed by atoms with van der Waals surface area (Å²) in [6.45, 7) is 11.5. The van der Waals surface area contributed by atoms with Crippen LogP contribution in [0.15, 0.2) is 52.5 Å². The third-order valence-corrected chi connectivity index (χ3v) is 6.13. The smallest absolute Gasteiger partial charge is 0.122 e. The zero-order valence-corrected chi connectivity index (χ0v) is 21.6. The molecule has 0 aliphatic heterocycles. The molecule has 0 aliphatic carbocycles. The van der Waals surface area contributed by atoms with Gasteiger partial charge in [-0.3, -0.25) is 4.90 Å². The van der Waals surface area contributed by atoms with Crippen LogP contribution in [0.1, 0.15) is 38.1 Å². The predicted octanol–water partition coefficient (Wildman–Crippen LogP) is 7.35. The van der Waals surface area contributed by atoms with Gasteiger partial charge in [-0.1, -0.05) is 30.9 Å². The van der Waals surface area contributed by atoms with E-state index in [4.69, 9.17) is 4.74 Å². The van der Waals surface area contributed by atoms with Crippen LogP contribution in [0.5, 0.6) is 5.75 Å². The van der Waals surface area contributed by atoms with Gasteiger partial charge in [-0.2, -0.15) is 11.3 Å². The van der Waals surface area contributed by atoms with Crippen molar-refractivity contribution in [2.24, 2.45) is 5.41 Å². The van der Waals surface area contributed by atoms with Gasteiger partial charge < -0.3 is 4.74 Å². The molecule has 3 aromatic rings. The second-order valence-electron chi connectivity index (χ2n) is 8.35. The highest BCUT2D eigenvalue weighted by Crippen LogP contribution is 2.28. The SMILES string of the molecule is CCN(CC#CC#CC(C)(C)C)Cc1cccc(OCc2cc(-c3ccsc3)cs2)c1.Cl. The molecule has 1 aromatic carbocycles. The highest BCUT2D eigenvalue weighted by atomic mass is 35.5. The topological polar surface area (TPSA) is 12.5 Å². The quantitative estimate of drug-likeness (QED) is 0.310. The second-order valence-corrected chi connectivity index (χ2v) is 10.1. The van der Waals surface area contributed by atoms with Crippen LogP contribution >= 0.6 is 35.1 Å². The van der Waals surface area contributed by atoms with Crippen molar-refractivity contribution in [3.05, 3.63) is 63.0 Å². The summed E-state index contributed by atoms with van der Waals surface area (Å²) in [5.41, 5.74) is 3.77. The number of halogens is 1. The van der Waals surface area contributed by atoms with Gasteiger partial charge in [-0.05, 0) is 96.3 Å². The summed E-state index contributed by atoms with van der Waals surface area (Å²) < 4.78 is 6.07. The van der Waals surface area contributed by atoms with Crippen molar-refractivity contribution < 1.29 is 4.74 Å². The van der Waals surface area contributed by atoms with Gasteiger partial charge in [-0.25, -0.2) is 0 Å². The van der Waals surface area contributed by atoms with Crippen LogP contribution < -0.4 is 4.74 Å². The summed E-state index contributed by atoms with van der Waals surface area (Å²) in [6.07, 6.45) is 0. The zero-order chi connectivity index (χ0) is 22.1. The van der Waals surface area contributed by atoms with Crippen molar-refractivity contribution in [1.29, 1.82) is 0 Å². The molecule has 2 nitrogen and oxygen atoms in total. The molecule has 168 valence electrons. The van der Waals surface area contributed by atoms with Gasteiger partial charge in [0.05, 0.1) is 6.54 Å². The van der Waals surface area contributed by atoms with Gasteiger partial charge in [0, 0.05) is 16.8 Å². The van der Waals surface area contributed by atoms with E-state index < -0.39 is 0 Å². The molecule has 0 aliphatic rings. The molecular weight excluding hydrogens is 454 g/mol. The van der Waals surface area contributed by atoms with Crippen molar-refractivity contribution in [2.75, 3.05) is 13.1 Å². The van der Waals surface area contributed by atoms with E-state index in [9.17, 15) is 0 Å². The minimum atomic E-state index is -0.00581. The Kier molecular flexibility index (Phi) is 10.4. The molecule has 0 N–H and O–H groups in total. The molecule has 3 rings (SSSR count). The first-order valence-corrected chi connectivity index (χ1v) is 12.3. The Morgan fingerprint density at radius 1 is 1.03 bits per heavy atom. The number of benzene rings is 1. The molecule has 0 unspecified atom stereocenters.